The fourth-order valence-corrected chi connectivity index (χ4v) is 3.30. The van der Waals surface area contributed by atoms with E-state index in [1.165, 1.54) is 6.08 Å². The quantitative estimate of drug-likeness (QED) is 0.431. The first-order valence-corrected chi connectivity index (χ1v) is 8.90. The lowest BCUT2D eigenvalue weighted by Gasteiger charge is -2.20. The smallest absolute Gasteiger partial charge is 0.266 e. The molecule has 0 heterocycles. The van der Waals surface area contributed by atoms with Crippen molar-refractivity contribution in [3.05, 3.63) is 106 Å². The van der Waals surface area contributed by atoms with Crippen LogP contribution in [0, 0.1) is 11.3 Å². The molecule has 1 N–H and O–H groups in total. The highest BCUT2D eigenvalue weighted by Crippen LogP contribution is 2.32. The summed E-state index contributed by atoms with van der Waals surface area (Å²) in [4.78, 5) is 38.5. The summed E-state index contributed by atoms with van der Waals surface area (Å²) in [5.41, 5.74) is 1.81. The first kappa shape index (κ1) is 18.1. The maximum absolute atomic E-state index is 13.0. The minimum Gasteiger partial charge on any atom is -0.321 e. The molecule has 3 aromatic rings. The molecule has 1 aliphatic carbocycles. The number of carbonyl (C=O) groups excluding carboxylic acids is 3. The summed E-state index contributed by atoms with van der Waals surface area (Å²) < 4.78 is 0. The fraction of sp³-hybridized carbons (Fsp3) is 0. The van der Waals surface area contributed by atoms with Crippen LogP contribution in [0.25, 0.3) is 6.08 Å². The zero-order valence-corrected chi connectivity index (χ0v) is 15.2. The van der Waals surface area contributed by atoms with Crippen molar-refractivity contribution in [3.8, 4) is 6.07 Å². The highest BCUT2D eigenvalue weighted by atomic mass is 16.2. The van der Waals surface area contributed by atoms with E-state index in [1.807, 2.05) is 12.1 Å². The zero-order chi connectivity index (χ0) is 20.4. The van der Waals surface area contributed by atoms with E-state index in [9.17, 15) is 19.6 Å². The standard InChI is InChI=1S/C24H14N2O3/c25-14-16(13-15-7-2-1-3-8-15)24(29)26-20-12-6-11-19-21(20)23(28)18-10-5-4-9-17(18)22(19)27/h1-13H,(H,26,29). The van der Waals surface area contributed by atoms with Gasteiger partial charge in [0, 0.05) is 16.7 Å². The van der Waals surface area contributed by atoms with Crippen molar-refractivity contribution in [2.75, 3.05) is 5.32 Å². The van der Waals surface area contributed by atoms with Crippen LogP contribution in [-0.2, 0) is 4.79 Å². The van der Waals surface area contributed by atoms with Crippen molar-refractivity contribution < 1.29 is 14.4 Å². The minimum atomic E-state index is -0.649. The molecule has 1 aliphatic rings. The topological polar surface area (TPSA) is 87.0 Å². The molecule has 0 radical (unpaired) electrons. The van der Waals surface area contributed by atoms with Gasteiger partial charge in [-0.2, -0.15) is 5.26 Å². The second-order valence-electron chi connectivity index (χ2n) is 6.47. The molecule has 4 rings (SSSR count). The average molecular weight is 378 g/mol. The van der Waals surface area contributed by atoms with Gasteiger partial charge in [-0.05, 0) is 17.7 Å². The molecule has 29 heavy (non-hydrogen) atoms. The van der Waals surface area contributed by atoms with Gasteiger partial charge in [0.25, 0.3) is 5.91 Å². The lowest BCUT2D eigenvalue weighted by atomic mass is 9.83. The molecular weight excluding hydrogens is 364 g/mol. The second kappa shape index (κ2) is 7.37. The molecule has 0 aliphatic heterocycles. The molecule has 138 valence electrons. The Morgan fingerprint density at radius 3 is 2.10 bits per heavy atom. The first-order chi connectivity index (χ1) is 14.1. The van der Waals surface area contributed by atoms with Gasteiger partial charge in [0.05, 0.1) is 11.3 Å². The van der Waals surface area contributed by atoms with Gasteiger partial charge in [-0.3, -0.25) is 14.4 Å². The van der Waals surface area contributed by atoms with Crippen LogP contribution in [0.4, 0.5) is 5.69 Å². The van der Waals surface area contributed by atoms with E-state index in [1.54, 1.807) is 66.7 Å². The minimum absolute atomic E-state index is 0.108. The third kappa shape index (κ3) is 3.24. The number of benzene rings is 3. The van der Waals surface area contributed by atoms with E-state index in [2.05, 4.69) is 5.32 Å². The Morgan fingerprint density at radius 2 is 1.41 bits per heavy atom. The largest absolute Gasteiger partial charge is 0.321 e. The Labute approximate surface area is 166 Å². The Bertz CT molecular complexity index is 1230. The zero-order valence-electron chi connectivity index (χ0n) is 15.2. The summed E-state index contributed by atoms with van der Waals surface area (Å²) in [6.07, 6.45) is 1.47. The van der Waals surface area contributed by atoms with E-state index in [0.29, 0.717) is 16.7 Å². The number of ketones is 2. The SMILES string of the molecule is N#CC(=Cc1ccccc1)C(=O)Nc1cccc2c1C(=O)c1ccccc1C2=O. The first-order valence-electron chi connectivity index (χ1n) is 8.90. The van der Waals surface area contributed by atoms with Gasteiger partial charge in [-0.15, -0.1) is 0 Å². The van der Waals surface area contributed by atoms with Crippen molar-refractivity contribution in [2.24, 2.45) is 0 Å². The molecular formula is C24H14N2O3. The van der Waals surface area contributed by atoms with Gasteiger partial charge < -0.3 is 5.32 Å². The summed E-state index contributed by atoms with van der Waals surface area (Å²) in [6, 6.07) is 22.2. The van der Waals surface area contributed by atoms with Crippen LogP contribution in [-0.4, -0.2) is 17.5 Å². The van der Waals surface area contributed by atoms with Crippen LogP contribution in [0.3, 0.4) is 0 Å². The van der Waals surface area contributed by atoms with Crippen molar-refractivity contribution in [1.29, 1.82) is 5.26 Å². The second-order valence-corrected chi connectivity index (χ2v) is 6.47. The van der Waals surface area contributed by atoms with Crippen molar-refractivity contribution in [2.45, 2.75) is 0 Å². The number of anilines is 1. The molecule has 5 nitrogen and oxygen atoms in total. The highest BCUT2D eigenvalue weighted by molar-refractivity contribution is 6.30. The summed E-state index contributed by atoms with van der Waals surface area (Å²) in [5.74, 6) is -1.26. The average Bonchev–Trinajstić information content (AvgIpc) is 2.76. The van der Waals surface area contributed by atoms with Crippen molar-refractivity contribution in [3.63, 3.8) is 0 Å². The van der Waals surface area contributed by atoms with E-state index in [4.69, 9.17) is 0 Å². The third-order valence-corrected chi connectivity index (χ3v) is 4.68. The summed E-state index contributed by atoms with van der Waals surface area (Å²) >= 11 is 0. The van der Waals surface area contributed by atoms with Crippen LogP contribution in [0.2, 0.25) is 0 Å². The molecule has 0 bridgehead atoms. The third-order valence-electron chi connectivity index (χ3n) is 4.68. The van der Waals surface area contributed by atoms with Crippen LogP contribution in [0.5, 0.6) is 0 Å². The van der Waals surface area contributed by atoms with Crippen molar-refractivity contribution >= 4 is 29.2 Å². The number of hydrogen-bond acceptors (Lipinski definition) is 4. The Balaban J connectivity index is 1.72. The molecule has 5 heteroatoms. The Morgan fingerprint density at radius 1 is 0.793 bits per heavy atom. The normalized spacial score (nSPS) is 12.6. The summed E-state index contributed by atoms with van der Waals surface area (Å²) in [6.45, 7) is 0. The number of carbonyl (C=O) groups is 3. The molecule has 0 saturated carbocycles. The Hall–Kier alpha value is -4.30. The number of nitrogens with zero attached hydrogens (tertiary/aromatic N) is 1. The lowest BCUT2D eigenvalue weighted by Crippen LogP contribution is -2.24. The molecule has 0 fully saturated rings. The number of amides is 1. The van der Waals surface area contributed by atoms with Gasteiger partial charge >= 0.3 is 0 Å². The Kier molecular flexibility index (Phi) is 4.60. The van der Waals surface area contributed by atoms with Crippen LogP contribution < -0.4 is 5.32 Å². The van der Waals surface area contributed by atoms with Crippen LogP contribution in [0.1, 0.15) is 37.4 Å². The number of hydrogen-bond donors (Lipinski definition) is 1. The number of nitriles is 1. The molecule has 1 amide bonds. The number of rotatable bonds is 3. The monoisotopic (exact) mass is 378 g/mol. The van der Waals surface area contributed by atoms with Gasteiger partial charge in [-0.1, -0.05) is 66.7 Å². The van der Waals surface area contributed by atoms with Gasteiger partial charge in [0.15, 0.2) is 11.6 Å². The predicted molar refractivity (Wildman–Crippen MR) is 108 cm³/mol. The number of nitrogens with one attached hydrogen (secondary N) is 1. The lowest BCUT2D eigenvalue weighted by molar-refractivity contribution is -0.112. The highest BCUT2D eigenvalue weighted by Gasteiger charge is 2.31. The summed E-state index contributed by atoms with van der Waals surface area (Å²) in [5, 5.41) is 12.0. The maximum Gasteiger partial charge on any atom is 0.266 e. The molecule has 0 aromatic heterocycles. The van der Waals surface area contributed by atoms with Crippen LogP contribution >= 0.6 is 0 Å². The maximum atomic E-state index is 13.0. The van der Waals surface area contributed by atoms with E-state index < -0.39 is 5.91 Å². The van der Waals surface area contributed by atoms with Gasteiger partial charge in [0.1, 0.15) is 11.6 Å². The van der Waals surface area contributed by atoms with Crippen molar-refractivity contribution in [1.82, 2.24) is 0 Å². The molecule has 3 aromatic carbocycles. The molecule has 0 unspecified atom stereocenters. The van der Waals surface area contributed by atoms with Crippen LogP contribution in [0.15, 0.2) is 78.4 Å². The van der Waals surface area contributed by atoms with Gasteiger partial charge in [0.2, 0.25) is 0 Å². The summed E-state index contributed by atoms with van der Waals surface area (Å²) in [7, 11) is 0. The molecule has 0 atom stereocenters. The number of fused-ring (bicyclic) bond motifs is 2. The molecule has 0 saturated heterocycles. The predicted octanol–water partition coefficient (Wildman–Crippen LogP) is 4.01. The van der Waals surface area contributed by atoms with E-state index >= 15 is 0 Å². The molecule has 0 spiro atoms. The fourth-order valence-electron chi connectivity index (χ4n) is 3.30. The van der Waals surface area contributed by atoms with Gasteiger partial charge in [-0.25, -0.2) is 0 Å². The van der Waals surface area contributed by atoms with E-state index in [-0.39, 0.29) is 34.0 Å². The van der Waals surface area contributed by atoms with E-state index in [0.717, 1.165) is 0 Å².